The normalized spacial score (nSPS) is 21.2. The van der Waals surface area contributed by atoms with Crippen molar-refractivity contribution in [1.29, 1.82) is 0 Å². The van der Waals surface area contributed by atoms with Crippen LogP contribution in [-0.4, -0.2) is 65.3 Å². The topological polar surface area (TPSA) is 77.4 Å². The van der Waals surface area contributed by atoms with Gasteiger partial charge in [-0.15, -0.1) is 0 Å². The van der Waals surface area contributed by atoms with Gasteiger partial charge in [0.25, 0.3) is 5.91 Å². The molecule has 2 aromatic rings. The lowest BCUT2D eigenvalue weighted by atomic mass is 10.0. The third kappa shape index (κ3) is 2.65. The number of carbonyl (C=O) groups excluding carboxylic acids is 1. The van der Waals surface area contributed by atoms with Gasteiger partial charge in [0.2, 0.25) is 0 Å². The zero-order valence-electron chi connectivity index (χ0n) is 12.7. The first kappa shape index (κ1) is 14.8. The number of nitrogens with zero attached hydrogens (tertiary/aromatic N) is 4. The Kier molecular flexibility index (Phi) is 4.00. The molecule has 0 bridgehead atoms. The van der Waals surface area contributed by atoms with E-state index in [0.29, 0.717) is 36.4 Å². The first-order valence-electron chi connectivity index (χ1n) is 7.08. The highest BCUT2D eigenvalue weighted by Crippen LogP contribution is 2.24. The van der Waals surface area contributed by atoms with E-state index in [0.717, 1.165) is 6.42 Å². The van der Waals surface area contributed by atoms with Gasteiger partial charge in [-0.2, -0.15) is 0 Å². The Hall–Kier alpha value is -2.12. The summed E-state index contributed by atoms with van der Waals surface area (Å²) in [6.07, 6.45) is 5.42. The maximum Gasteiger partial charge on any atom is 0.273 e. The SMILES string of the molecule is COC1(CN(C)C(=O)c2nccc3ncncc23)CCOC1. The predicted octanol–water partition coefficient (Wildman–Crippen LogP) is 0.902. The van der Waals surface area contributed by atoms with Crippen molar-refractivity contribution in [2.45, 2.75) is 12.0 Å². The van der Waals surface area contributed by atoms with E-state index in [2.05, 4.69) is 15.0 Å². The van der Waals surface area contributed by atoms with Crippen LogP contribution in [0, 0.1) is 0 Å². The molecule has 0 spiro atoms. The molecular weight excluding hydrogens is 284 g/mol. The van der Waals surface area contributed by atoms with Crippen molar-refractivity contribution in [3.8, 4) is 0 Å². The monoisotopic (exact) mass is 302 g/mol. The van der Waals surface area contributed by atoms with Crippen LogP contribution in [0.3, 0.4) is 0 Å². The molecule has 1 aliphatic rings. The second kappa shape index (κ2) is 5.94. The zero-order chi connectivity index (χ0) is 15.6. The maximum atomic E-state index is 12.7. The predicted molar refractivity (Wildman–Crippen MR) is 79.5 cm³/mol. The fraction of sp³-hybridized carbons (Fsp3) is 0.467. The minimum absolute atomic E-state index is 0.177. The minimum atomic E-state index is -0.439. The number of carbonyl (C=O) groups is 1. The van der Waals surface area contributed by atoms with Crippen LogP contribution in [0.1, 0.15) is 16.9 Å². The Morgan fingerprint density at radius 3 is 3.09 bits per heavy atom. The summed E-state index contributed by atoms with van der Waals surface area (Å²) < 4.78 is 11.0. The molecule has 7 heteroatoms. The number of fused-ring (bicyclic) bond motifs is 1. The van der Waals surface area contributed by atoms with Crippen molar-refractivity contribution in [1.82, 2.24) is 19.9 Å². The Bertz CT molecular complexity index is 680. The van der Waals surface area contributed by atoms with Gasteiger partial charge in [0.15, 0.2) is 0 Å². The molecule has 1 atom stereocenters. The zero-order valence-corrected chi connectivity index (χ0v) is 12.7. The number of rotatable bonds is 4. The van der Waals surface area contributed by atoms with E-state index in [1.54, 1.807) is 37.5 Å². The Morgan fingerprint density at radius 2 is 2.36 bits per heavy atom. The van der Waals surface area contributed by atoms with Gasteiger partial charge in [-0.1, -0.05) is 0 Å². The molecule has 0 saturated carbocycles. The molecule has 3 heterocycles. The van der Waals surface area contributed by atoms with Gasteiger partial charge in [0.05, 0.1) is 18.7 Å². The van der Waals surface area contributed by atoms with Crippen LogP contribution in [0.15, 0.2) is 24.8 Å². The van der Waals surface area contributed by atoms with Gasteiger partial charge in [-0.05, 0) is 6.07 Å². The molecule has 2 aromatic heterocycles. The van der Waals surface area contributed by atoms with Gasteiger partial charge < -0.3 is 14.4 Å². The second-order valence-corrected chi connectivity index (χ2v) is 5.47. The number of ether oxygens (including phenoxy) is 2. The largest absolute Gasteiger partial charge is 0.378 e. The third-order valence-electron chi connectivity index (χ3n) is 4.01. The first-order valence-corrected chi connectivity index (χ1v) is 7.08. The molecule has 1 unspecified atom stereocenters. The molecule has 7 nitrogen and oxygen atoms in total. The number of likely N-dealkylation sites (N-methyl/N-ethyl adjacent to an activating group) is 1. The Morgan fingerprint density at radius 1 is 1.50 bits per heavy atom. The molecule has 22 heavy (non-hydrogen) atoms. The average Bonchev–Trinajstić information content (AvgIpc) is 3.02. The first-order chi connectivity index (χ1) is 10.7. The molecule has 3 rings (SSSR count). The van der Waals surface area contributed by atoms with Crippen molar-refractivity contribution >= 4 is 16.8 Å². The highest BCUT2D eigenvalue weighted by atomic mass is 16.5. The molecule has 1 fully saturated rings. The van der Waals surface area contributed by atoms with Crippen molar-refractivity contribution < 1.29 is 14.3 Å². The van der Waals surface area contributed by atoms with Crippen LogP contribution in [0.2, 0.25) is 0 Å². The van der Waals surface area contributed by atoms with Crippen LogP contribution in [-0.2, 0) is 9.47 Å². The smallest absolute Gasteiger partial charge is 0.273 e. The minimum Gasteiger partial charge on any atom is -0.378 e. The van der Waals surface area contributed by atoms with E-state index in [1.807, 2.05) is 0 Å². The van der Waals surface area contributed by atoms with Gasteiger partial charge in [0.1, 0.15) is 17.6 Å². The van der Waals surface area contributed by atoms with Crippen LogP contribution in [0.25, 0.3) is 10.9 Å². The molecule has 0 aliphatic carbocycles. The van der Waals surface area contributed by atoms with Crippen LogP contribution in [0.4, 0.5) is 0 Å². The van der Waals surface area contributed by atoms with Crippen molar-refractivity contribution in [3.63, 3.8) is 0 Å². The number of hydrogen-bond acceptors (Lipinski definition) is 6. The van der Waals surface area contributed by atoms with Crippen LogP contribution in [0.5, 0.6) is 0 Å². The summed E-state index contributed by atoms with van der Waals surface area (Å²) in [6.45, 7) is 1.59. The lowest BCUT2D eigenvalue weighted by molar-refractivity contribution is -0.0330. The standard InChI is InChI=1S/C15H18N4O3/c1-19(8-15(21-2)4-6-22-9-15)14(20)13-11-7-16-10-18-12(11)3-5-17-13/h3,5,7,10H,4,6,8-9H2,1-2H3. The summed E-state index contributed by atoms with van der Waals surface area (Å²) in [4.78, 5) is 26.7. The van der Waals surface area contributed by atoms with E-state index in [-0.39, 0.29) is 5.91 Å². The molecule has 1 aliphatic heterocycles. The van der Waals surface area contributed by atoms with E-state index < -0.39 is 5.60 Å². The van der Waals surface area contributed by atoms with E-state index in [9.17, 15) is 4.79 Å². The van der Waals surface area contributed by atoms with Crippen molar-refractivity contribution in [3.05, 3.63) is 30.5 Å². The fourth-order valence-electron chi connectivity index (χ4n) is 2.70. The number of pyridine rings is 1. The molecule has 1 amide bonds. The van der Waals surface area contributed by atoms with Crippen LogP contribution < -0.4 is 0 Å². The highest BCUT2D eigenvalue weighted by molar-refractivity contribution is 6.03. The quantitative estimate of drug-likeness (QED) is 0.835. The van der Waals surface area contributed by atoms with Gasteiger partial charge in [-0.3, -0.25) is 9.78 Å². The summed E-state index contributed by atoms with van der Waals surface area (Å²) in [5, 5.41) is 0.649. The van der Waals surface area contributed by atoms with Crippen LogP contribution >= 0.6 is 0 Å². The number of amides is 1. The second-order valence-electron chi connectivity index (χ2n) is 5.47. The number of hydrogen-bond donors (Lipinski definition) is 0. The lowest BCUT2D eigenvalue weighted by Crippen LogP contribution is -2.46. The van der Waals surface area contributed by atoms with Gasteiger partial charge >= 0.3 is 0 Å². The van der Waals surface area contributed by atoms with Crippen molar-refractivity contribution in [2.75, 3.05) is 33.9 Å². The molecule has 0 radical (unpaired) electrons. The van der Waals surface area contributed by atoms with E-state index in [1.165, 1.54) is 6.33 Å². The van der Waals surface area contributed by atoms with E-state index >= 15 is 0 Å². The number of methoxy groups -OCH3 is 1. The third-order valence-corrected chi connectivity index (χ3v) is 4.01. The molecular formula is C15H18N4O3. The highest BCUT2D eigenvalue weighted by Gasteiger charge is 2.37. The molecule has 0 aromatic carbocycles. The summed E-state index contributed by atoms with van der Waals surface area (Å²) >= 11 is 0. The summed E-state index contributed by atoms with van der Waals surface area (Å²) in [5.74, 6) is -0.177. The molecule has 1 saturated heterocycles. The van der Waals surface area contributed by atoms with Gasteiger partial charge in [-0.25, -0.2) is 9.97 Å². The molecule has 0 N–H and O–H groups in total. The van der Waals surface area contributed by atoms with Crippen molar-refractivity contribution in [2.24, 2.45) is 0 Å². The lowest BCUT2D eigenvalue weighted by Gasteiger charge is -2.30. The Labute approximate surface area is 128 Å². The summed E-state index contributed by atoms with van der Waals surface area (Å²) in [5.41, 5.74) is 0.615. The van der Waals surface area contributed by atoms with Gasteiger partial charge in [0, 0.05) is 45.0 Å². The summed E-state index contributed by atoms with van der Waals surface area (Å²) in [7, 11) is 3.39. The Balaban J connectivity index is 1.86. The fourth-order valence-corrected chi connectivity index (χ4v) is 2.70. The summed E-state index contributed by atoms with van der Waals surface area (Å²) in [6, 6.07) is 1.76. The molecule has 116 valence electrons. The average molecular weight is 302 g/mol. The number of aromatic nitrogens is 3. The van der Waals surface area contributed by atoms with E-state index in [4.69, 9.17) is 9.47 Å². The maximum absolute atomic E-state index is 12.7.